The minimum absolute atomic E-state index is 0.224. The van der Waals surface area contributed by atoms with Crippen LogP contribution < -0.4 is 10.2 Å². The van der Waals surface area contributed by atoms with Gasteiger partial charge in [0.2, 0.25) is 0 Å². The quantitative estimate of drug-likeness (QED) is 0.197. The summed E-state index contributed by atoms with van der Waals surface area (Å²) in [5.41, 5.74) is 0. The van der Waals surface area contributed by atoms with Crippen LogP contribution in [0.2, 0.25) is 0 Å². The third-order valence-electron chi connectivity index (χ3n) is 3.53. The minimum atomic E-state index is -1.27. The number of carboxylic acids is 2. The molecule has 0 aliphatic rings. The van der Waals surface area contributed by atoms with Crippen molar-refractivity contribution in [1.29, 1.82) is 0 Å². The Morgan fingerprint density at radius 3 is 1.23 bits per heavy atom. The molecule has 0 heterocycles. The van der Waals surface area contributed by atoms with Crippen LogP contribution in [0.15, 0.2) is 0 Å². The molecule has 0 amide bonds. The van der Waals surface area contributed by atoms with E-state index in [0.717, 1.165) is 64.6 Å². The van der Waals surface area contributed by atoms with E-state index >= 15 is 0 Å². The van der Waals surface area contributed by atoms with Gasteiger partial charge in [-0.05, 0) is 12.8 Å². The van der Waals surface area contributed by atoms with Crippen molar-refractivity contribution in [3.63, 3.8) is 0 Å². The average Bonchev–Trinajstić information content (AvgIpc) is 2.68. The van der Waals surface area contributed by atoms with E-state index in [9.17, 15) is 29.4 Å². The molecular weight excluding hydrogens is 483 g/mol. The van der Waals surface area contributed by atoms with Gasteiger partial charge in [0.1, 0.15) is 11.6 Å². The Labute approximate surface area is 200 Å². The van der Waals surface area contributed by atoms with E-state index in [1.54, 1.807) is 0 Å². The Morgan fingerprint density at radius 2 is 0.968 bits per heavy atom. The molecular formula is C22H40O8Zr. The van der Waals surface area contributed by atoms with Gasteiger partial charge in [-0.15, -0.1) is 0 Å². The first-order valence-corrected chi connectivity index (χ1v) is 13.2. The number of hydrogen-bond donors (Lipinski definition) is 0. The Morgan fingerprint density at radius 1 is 0.613 bits per heavy atom. The molecule has 0 atom stereocenters. The number of carbonyl (C=O) groups is 4. The van der Waals surface area contributed by atoms with Crippen LogP contribution in [0, 0.1) is 0 Å². The van der Waals surface area contributed by atoms with Crippen LogP contribution in [-0.4, -0.2) is 36.7 Å². The molecule has 0 fully saturated rings. The molecule has 0 N–H and O–H groups in total. The van der Waals surface area contributed by atoms with Crippen molar-refractivity contribution in [2.24, 2.45) is 0 Å². The molecule has 0 unspecified atom stereocenters. The molecule has 0 aromatic rings. The van der Waals surface area contributed by atoms with Crippen molar-refractivity contribution < 1.29 is 59.1 Å². The predicted octanol–water partition coefficient (Wildman–Crippen LogP) is 2.30. The zero-order valence-electron chi connectivity index (χ0n) is 19.7. The second kappa shape index (κ2) is 29.1. The SMILES string of the molecule is CCCCCC(=O)CC(=O)[O-].CCCCCC(=O)CC(=O)[O-].CCC[O][Zr+2][O]CCC. The van der Waals surface area contributed by atoms with Crippen molar-refractivity contribution in [2.45, 2.75) is 105 Å². The van der Waals surface area contributed by atoms with Gasteiger partial charge in [-0.25, -0.2) is 0 Å². The molecule has 180 valence electrons. The summed E-state index contributed by atoms with van der Waals surface area (Å²) in [5.74, 6) is -2.99. The van der Waals surface area contributed by atoms with Crippen LogP contribution in [0.5, 0.6) is 0 Å². The molecule has 0 saturated carbocycles. The second-order valence-electron chi connectivity index (χ2n) is 6.87. The molecule has 0 spiro atoms. The van der Waals surface area contributed by atoms with E-state index in [1.165, 1.54) is 0 Å². The summed E-state index contributed by atoms with van der Waals surface area (Å²) in [6.07, 6.45) is 7.75. The number of Topliss-reactive ketones (excluding diaryl/α,β-unsaturated/α-hetero) is 2. The van der Waals surface area contributed by atoms with E-state index in [4.69, 9.17) is 5.63 Å². The fourth-order valence-corrected chi connectivity index (χ4v) is 3.59. The number of carbonyl (C=O) groups excluding carboxylic acids is 4. The van der Waals surface area contributed by atoms with E-state index in [-0.39, 0.29) is 11.6 Å². The molecule has 9 heteroatoms. The van der Waals surface area contributed by atoms with Gasteiger partial charge in [0.05, 0.1) is 0 Å². The van der Waals surface area contributed by atoms with Crippen LogP contribution in [0.1, 0.15) is 105 Å². The Kier molecular flexibility index (Phi) is 32.5. The zero-order valence-corrected chi connectivity index (χ0v) is 22.1. The Balaban J connectivity index is -0.000000382. The summed E-state index contributed by atoms with van der Waals surface area (Å²) >= 11 is -0.851. The summed E-state index contributed by atoms with van der Waals surface area (Å²) in [7, 11) is 0. The fourth-order valence-electron chi connectivity index (χ4n) is 1.97. The van der Waals surface area contributed by atoms with Gasteiger partial charge >= 0.3 is 69.6 Å². The molecule has 8 nitrogen and oxygen atoms in total. The second-order valence-corrected chi connectivity index (χ2v) is 8.70. The fraction of sp³-hybridized carbons (Fsp3) is 0.818. The van der Waals surface area contributed by atoms with Crippen molar-refractivity contribution >= 4 is 23.5 Å². The molecule has 0 radical (unpaired) electrons. The van der Waals surface area contributed by atoms with E-state index in [2.05, 4.69) is 13.8 Å². The summed E-state index contributed by atoms with van der Waals surface area (Å²) < 4.78 is 10.5. The van der Waals surface area contributed by atoms with Gasteiger partial charge < -0.3 is 19.8 Å². The Bertz CT molecular complexity index is 415. The van der Waals surface area contributed by atoms with Gasteiger partial charge in [-0.3, -0.25) is 9.59 Å². The molecule has 0 aromatic carbocycles. The molecule has 0 aliphatic carbocycles. The van der Waals surface area contributed by atoms with Gasteiger partial charge in [-0.2, -0.15) is 0 Å². The van der Waals surface area contributed by atoms with Crippen LogP contribution in [0.25, 0.3) is 0 Å². The number of carboxylic acid groups (broad SMARTS) is 2. The molecule has 0 bridgehead atoms. The summed E-state index contributed by atoms with van der Waals surface area (Å²) in [5, 5.41) is 19.8. The first kappa shape index (κ1) is 34.7. The molecule has 0 rings (SSSR count). The first-order valence-electron chi connectivity index (χ1n) is 11.2. The normalized spacial score (nSPS) is 9.42. The molecule has 0 aromatic heterocycles. The summed E-state index contributed by atoms with van der Waals surface area (Å²) in [6, 6.07) is 0. The van der Waals surface area contributed by atoms with Crippen LogP contribution >= 0.6 is 0 Å². The number of rotatable bonds is 18. The van der Waals surface area contributed by atoms with Crippen LogP contribution in [0.4, 0.5) is 0 Å². The summed E-state index contributed by atoms with van der Waals surface area (Å²) in [6.45, 7) is 10.1. The van der Waals surface area contributed by atoms with Gasteiger partial charge in [-0.1, -0.05) is 39.5 Å². The van der Waals surface area contributed by atoms with Crippen molar-refractivity contribution in [2.75, 3.05) is 13.2 Å². The first-order chi connectivity index (χ1) is 14.7. The standard InChI is InChI=1S/2C8H14O3.2C3H7O.Zr/c2*1-2-3-4-5-7(9)6-8(10)11;2*1-2-3-4;/h2*2-6H2,1H3,(H,10,11);2*2-3H2,1H3;/q;;2*-1;+4/p-2. The van der Waals surface area contributed by atoms with Crippen molar-refractivity contribution in [1.82, 2.24) is 0 Å². The van der Waals surface area contributed by atoms with Crippen LogP contribution in [0.3, 0.4) is 0 Å². The monoisotopic (exact) mass is 522 g/mol. The molecule has 0 aliphatic heterocycles. The van der Waals surface area contributed by atoms with Crippen molar-refractivity contribution in [3.8, 4) is 0 Å². The van der Waals surface area contributed by atoms with Crippen LogP contribution in [-0.2, 0) is 48.9 Å². The maximum absolute atomic E-state index is 10.7. The molecule has 31 heavy (non-hydrogen) atoms. The van der Waals surface area contributed by atoms with E-state index in [1.807, 2.05) is 13.8 Å². The van der Waals surface area contributed by atoms with E-state index in [0.29, 0.717) is 12.8 Å². The zero-order chi connectivity index (χ0) is 24.3. The Hall–Kier alpha value is -0.917. The summed E-state index contributed by atoms with van der Waals surface area (Å²) in [4.78, 5) is 41.2. The maximum atomic E-state index is 10.7. The van der Waals surface area contributed by atoms with Gasteiger partial charge in [0, 0.05) is 37.6 Å². The van der Waals surface area contributed by atoms with Gasteiger partial charge in [0.25, 0.3) is 0 Å². The number of unbranched alkanes of at least 4 members (excludes halogenated alkanes) is 4. The molecule has 0 saturated heterocycles. The topological polar surface area (TPSA) is 133 Å². The van der Waals surface area contributed by atoms with Crippen molar-refractivity contribution in [3.05, 3.63) is 0 Å². The predicted molar refractivity (Wildman–Crippen MR) is 110 cm³/mol. The van der Waals surface area contributed by atoms with Gasteiger partial charge in [0.15, 0.2) is 0 Å². The third-order valence-corrected chi connectivity index (χ3v) is 5.11. The average molecular weight is 524 g/mol. The number of ketones is 2. The number of hydrogen-bond acceptors (Lipinski definition) is 8. The van der Waals surface area contributed by atoms with E-state index < -0.39 is 48.9 Å². The number of aliphatic carboxylic acids is 2. The third kappa shape index (κ3) is 40.0.